The number of hydrazine groups is 1. The summed E-state index contributed by atoms with van der Waals surface area (Å²) >= 11 is 7.66. The molecule has 0 bridgehead atoms. The molecule has 1 unspecified atom stereocenters. The fourth-order valence-corrected chi connectivity index (χ4v) is 2.76. The highest BCUT2D eigenvalue weighted by Crippen LogP contribution is 2.31. The maximum atomic E-state index is 6.09. The third-order valence-corrected chi connectivity index (χ3v) is 3.73. The lowest BCUT2D eigenvalue weighted by atomic mass is 10.1. The second kappa shape index (κ2) is 4.93. The van der Waals surface area contributed by atoms with Crippen LogP contribution in [0.15, 0.2) is 29.8 Å². The summed E-state index contributed by atoms with van der Waals surface area (Å²) in [4.78, 5) is 5.30. The summed E-state index contributed by atoms with van der Waals surface area (Å²) in [7, 11) is 0. The van der Waals surface area contributed by atoms with Crippen molar-refractivity contribution in [3.05, 3.63) is 50.9 Å². The van der Waals surface area contributed by atoms with Crippen molar-refractivity contribution in [2.45, 2.75) is 13.0 Å². The van der Waals surface area contributed by atoms with E-state index in [9.17, 15) is 0 Å². The van der Waals surface area contributed by atoms with Crippen LogP contribution in [-0.4, -0.2) is 4.98 Å². The summed E-state index contributed by atoms with van der Waals surface area (Å²) in [5, 5.41) is 2.66. The third kappa shape index (κ3) is 2.25. The summed E-state index contributed by atoms with van der Waals surface area (Å²) in [6, 6.07) is 5.67. The quantitative estimate of drug-likeness (QED) is 0.653. The van der Waals surface area contributed by atoms with Gasteiger partial charge in [-0.3, -0.25) is 10.8 Å². The summed E-state index contributed by atoms with van der Waals surface area (Å²) in [5.41, 5.74) is 4.78. The van der Waals surface area contributed by atoms with Crippen molar-refractivity contribution < 1.29 is 0 Å². The van der Waals surface area contributed by atoms with Gasteiger partial charge in [0.15, 0.2) is 0 Å². The van der Waals surface area contributed by atoms with Gasteiger partial charge in [-0.05, 0) is 36.1 Å². The van der Waals surface area contributed by atoms with Gasteiger partial charge >= 0.3 is 0 Å². The second-order valence-electron chi connectivity index (χ2n) is 3.49. The minimum Gasteiger partial charge on any atom is -0.270 e. The van der Waals surface area contributed by atoms with Gasteiger partial charge in [0, 0.05) is 11.1 Å². The fraction of sp³-hybridized carbons (Fsp3) is 0.182. The number of thiophene rings is 1. The van der Waals surface area contributed by atoms with E-state index < -0.39 is 0 Å². The van der Waals surface area contributed by atoms with E-state index in [2.05, 4.69) is 10.4 Å². The van der Waals surface area contributed by atoms with Crippen LogP contribution in [-0.2, 0) is 0 Å². The van der Waals surface area contributed by atoms with Crippen LogP contribution in [0.4, 0.5) is 0 Å². The van der Waals surface area contributed by atoms with Gasteiger partial charge < -0.3 is 0 Å². The zero-order valence-corrected chi connectivity index (χ0v) is 10.3. The average Bonchev–Trinajstić information content (AvgIpc) is 2.67. The molecule has 1 atom stereocenters. The number of rotatable bonds is 3. The first kappa shape index (κ1) is 11.5. The Morgan fingerprint density at radius 2 is 2.31 bits per heavy atom. The molecule has 0 amide bonds. The van der Waals surface area contributed by atoms with Crippen LogP contribution < -0.4 is 11.3 Å². The summed E-state index contributed by atoms with van der Waals surface area (Å²) in [6.45, 7) is 2.02. The SMILES string of the molecule is Cc1ccnc(C(NN)c2sccc2Cl)c1. The summed E-state index contributed by atoms with van der Waals surface area (Å²) in [6.07, 6.45) is 1.77. The Bertz CT molecular complexity index is 484. The Labute approximate surface area is 103 Å². The molecule has 2 rings (SSSR count). The lowest BCUT2D eigenvalue weighted by Gasteiger charge is -2.14. The first-order valence-electron chi connectivity index (χ1n) is 4.84. The standard InChI is InChI=1S/C11H12ClN3S/c1-7-2-4-14-9(6-7)10(15-13)11-8(12)3-5-16-11/h2-6,10,15H,13H2,1H3. The molecule has 0 aromatic carbocycles. The number of aryl methyl sites for hydroxylation is 1. The number of hydrogen-bond donors (Lipinski definition) is 2. The molecule has 0 aliphatic heterocycles. The Morgan fingerprint density at radius 1 is 1.50 bits per heavy atom. The van der Waals surface area contributed by atoms with Gasteiger partial charge in [0.1, 0.15) is 0 Å². The van der Waals surface area contributed by atoms with E-state index in [0.717, 1.165) is 21.2 Å². The van der Waals surface area contributed by atoms with Crippen LogP contribution in [0.3, 0.4) is 0 Å². The molecular formula is C11H12ClN3S. The van der Waals surface area contributed by atoms with Crippen molar-refractivity contribution in [1.82, 2.24) is 10.4 Å². The lowest BCUT2D eigenvalue weighted by Crippen LogP contribution is -2.29. The normalized spacial score (nSPS) is 12.7. The van der Waals surface area contributed by atoms with Crippen LogP contribution >= 0.6 is 22.9 Å². The molecule has 16 heavy (non-hydrogen) atoms. The van der Waals surface area contributed by atoms with E-state index in [4.69, 9.17) is 17.4 Å². The number of pyridine rings is 1. The van der Waals surface area contributed by atoms with Crippen LogP contribution in [0.2, 0.25) is 5.02 Å². The average molecular weight is 254 g/mol. The highest BCUT2D eigenvalue weighted by molar-refractivity contribution is 7.10. The zero-order chi connectivity index (χ0) is 11.5. The molecule has 3 nitrogen and oxygen atoms in total. The third-order valence-electron chi connectivity index (χ3n) is 2.31. The molecule has 0 aliphatic rings. The number of nitrogens with two attached hydrogens (primary N) is 1. The van der Waals surface area contributed by atoms with Crippen LogP contribution in [0.1, 0.15) is 22.2 Å². The maximum Gasteiger partial charge on any atom is 0.0988 e. The monoisotopic (exact) mass is 253 g/mol. The molecule has 3 N–H and O–H groups in total. The van der Waals surface area contributed by atoms with Gasteiger partial charge in [0.25, 0.3) is 0 Å². The largest absolute Gasteiger partial charge is 0.270 e. The molecule has 2 heterocycles. The van der Waals surface area contributed by atoms with Crippen LogP contribution in [0.25, 0.3) is 0 Å². The van der Waals surface area contributed by atoms with E-state index >= 15 is 0 Å². The molecule has 0 aliphatic carbocycles. The van der Waals surface area contributed by atoms with Crippen molar-refractivity contribution in [1.29, 1.82) is 0 Å². The first-order chi connectivity index (χ1) is 7.72. The molecule has 0 spiro atoms. The number of nitrogens with one attached hydrogen (secondary N) is 1. The van der Waals surface area contributed by atoms with Gasteiger partial charge in [0.05, 0.1) is 16.8 Å². The van der Waals surface area contributed by atoms with E-state index in [1.54, 1.807) is 17.5 Å². The first-order valence-corrected chi connectivity index (χ1v) is 6.09. The Morgan fingerprint density at radius 3 is 2.88 bits per heavy atom. The van der Waals surface area contributed by atoms with E-state index in [1.165, 1.54) is 0 Å². The van der Waals surface area contributed by atoms with Crippen LogP contribution in [0.5, 0.6) is 0 Å². The number of aromatic nitrogens is 1. The van der Waals surface area contributed by atoms with Crippen molar-refractivity contribution in [2.24, 2.45) is 5.84 Å². The minimum absolute atomic E-state index is 0.146. The van der Waals surface area contributed by atoms with Gasteiger partial charge in [-0.15, -0.1) is 11.3 Å². The highest BCUT2D eigenvalue weighted by Gasteiger charge is 2.18. The molecule has 2 aromatic heterocycles. The molecular weight excluding hydrogens is 242 g/mol. The lowest BCUT2D eigenvalue weighted by molar-refractivity contribution is 0.629. The van der Waals surface area contributed by atoms with E-state index in [-0.39, 0.29) is 6.04 Å². The topological polar surface area (TPSA) is 50.9 Å². The van der Waals surface area contributed by atoms with Crippen molar-refractivity contribution in [2.75, 3.05) is 0 Å². The summed E-state index contributed by atoms with van der Waals surface area (Å²) in [5.74, 6) is 5.57. The molecule has 0 fully saturated rings. The second-order valence-corrected chi connectivity index (χ2v) is 4.85. The van der Waals surface area contributed by atoms with E-state index in [0.29, 0.717) is 0 Å². The molecule has 0 radical (unpaired) electrons. The predicted molar refractivity (Wildman–Crippen MR) is 67.5 cm³/mol. The minimum atomic E-state index is -0.146. The zero-order valence-electron chi connectivity index (χ0n) is 8.77. The van der Waals surface area contributed by atoms with Gasteiger partial charge in [0.2, 0.25) is 0 Å². The van der Waals surface area contributed by atoms with Crippen molar-refractivity contribution in [3.8, 4) is 0 Å². The number of hydrogen-bond acceptors (Lipinski definition) is 4. The van der Waals surface area contributed by atoms with Crippen molar-refractivity contribution in [3.63, 3.8) is 0 Å². The highest BCUT2D eigenvalue weighted by atomic mass is 35.5. The molecule has 0 saturated carbocycles. The van der Waals surface area contributed by atoms with Crippen molar-refractivity contribution >= 4 is 22.9 Å². The smallest absolute Gasteiger partial charge is 0.0988 e. The molecule has 0 saturated heterocycles. The predicted octanol–water partition coefficient (Wildman–Crippen LogP) is 2.66. The van der Waals surface area contributed by atoms with Gasteiger partial charge in [-0.25, -0.2) is 5.43 Å². The molecule has 5 heteroatoms. The van der Waals surface area contributed by atoms with Gasteiger partial charge in [-0.1, -0.05) is 11.6 Å². The maximum absolute atomic E-state index is 6.09. The van der Waals surface area contributed by atoms with E-state index in [1.807, 2.05) is 30.5 Å². The number of nitrogens with zero attached hydrogens (tertiary/aromatic N) is 1. The van der Waals surface area contributed by atoms with Crippen LogP contribution in [0, 0.1) is 6.92 Å². The molecule has 84 valence electrons. The van der Waals surface area contributed by atoms with Gasteiger partial charge in [-0.2, -0.15) is 0 Å². The summed E-state index contributed by atoms with van der Waals surface area (Å²) < 4.78 is 0. The number of halogens is 1. The Hall–Kier alpha value is -0.940. The molecule has 2 aromatic rings. The Balaban J connectivity index is 2.40. The fourth-order valence-electron chi connectivity index (χ4n) is 1.52. The Kier molecular flexibility index (Phi) is 3.56.